The fourth-order valence-electron chi connectivity index (χ4n) is 1.71. The normalized spacial score (nSPS) is 11.9. The molecule has 0 aliphatic heterocycles. The van der Waals surface area contributed by atoms with E-state index in [-0.39, 0.29) is 4.90 Å². The van der Waals surface area contributed by atoms with Crippen LogP contribution in [0.5, 0.6) is 0 Å². The molecule has 0 fully saturated rings. The zero-order chi connectivity index (χ0) is 13.9. The molecule has 0 bridgehead atoms. The Bertz CT molecular complexity index is 698. The smallest absolute Gasteiger partial charge is 0.125 e. The van der Waals surface area contributed by atoms with Crippen molar-refractivity contribution in [1.29, 1.82) is 0 Å². The first-order valence-corrected chi connectivity index (χ1v) is 7.17. The van der Waals surface area contributed by atoms with Crippen molar-refractivity contribution in [2.75, 3.05) is 0 Å². The summed E-state index contributed by atoms with van der Waals surface area (Å²) in [5.41, 5.74) is 2.50. The Morgan fingerprint density at radius 3 is 2.21 bits per heavy atom. The molecule has 0 aromatic heterocycles. The van der Waals surface area contributed by atoms with Crippen molar-refractivity contribution in [3.63, 3.8) is 0 Å². The zero-order valence-corrected chi connectivity index (χ0v) is 11.2. The lowest BCUT2D eigenvalue weighted by atomic mass is 10.1. The highest BCUT2D eigenvalue weighted by atomic mass is 32.2. The van der Waals surface area contributed by atoms with Gasteiger partial charge in [0, 0.05) is 0 Å². The van der Waals surface area contributed by atoms with Gasteiger partial charge < -0.3 is 4.55 Å². The van der Waals surface area contributed by atoms with Crippen LogP contribution >= 0.6 is 0 Å². The Hall–Kier alpha value is -1.91. The molecule has 0 saturated heterocycles. The van der Waals surface area contributed by atoms with E-state index in [1.165, 1.54) is 12.1 Å². The highest BCUT2D eigenvalue weighted by Gasteiger charge is 2.04. The highest BCUT2D eigenvalue weighted by molar-refractivity contribution is 7.85. The predicted octanol–water partition coefficient (Wildman–Crippen LogP) is 3.07. The largest absolute Gasteiger partial charge is 0.744 e. The molecule has 98 valence electrons. The van der Waals surface area contributed by atoms with Crippen LogP contribution in [0.15, 0.2) is 53.4 Å². The van der Waals surface area contributed by atoms with Crippen LogP contribution in [-0.4, -0.2) is 13.0 Å². The molecule has 0 aliphatic carbocycles. The molecular formula is C15H13O3S-. The number of rotatable bonds is 3. The summed E-state index contributed by atoms with van der Waals surface area (Å²) in [5.74, 6) is 0. The second kappa shape index (κ2) is 5.38. The zero-order valence-electron chi connectivity index (χ0n) is 10.4. The molecule has 2 aromatic carbocycles. The average molecular weight is 273 g/mol. The van der Waals surface area contributed by atoms with Crippen molar-refractivity contribution in [2.45, 2.75) is 11.8 Å². The summed E-state index contributed by atoms with van der Waals surface area (Å²) in [4.78, 5) is -0.196. The van der Waals surface area contributed by atoms with Gasteiger partial charge in [-0.1, -0.05) is 60.2 Å². The van der Waals surface area contributed by atoms with Gasteiger partial charge in [0.1, 0.15) is 10.1 Å². The van der Waals surface area contributed by atoms with Crippen LogP contribution < -0.4 is 0 Å². The molecule has 3 nitrogen and oxygen atoms in total. The maximum absolute atomic E-state index is 11.1. The van der Waals surface area contributed by atoms with E-state index in [1.54, 1.807) is 24.3 Å². The third kappa shape index (κ3) is 3.53. The van der Waals surface area contributed by atoms with Crippen LogP contribution in [0, 0.1) is 6.92 Å². The topological polar surface area (TPSA) is 57.2 Å². The molecule has 0 saturated carbocycles. The third-order valence-corrected chi connectivity index (χ3v) is 3.63. The Balaban J connectivity index is 2.36. The summed E-state index contributed by atoms with van der Waals surface area (Å²) in [6.45, 7) is 1.99. The van der Waals surface area contributed by atoms with Crippen molar-refractivity contribution in [1.82, 2.24) is 0 Å². The minimum Gasteiger partial charge on any atom is -0.744 e. The average Bonchev–Trinajstić information content (AvgIpc) is 2.37. The van der Waals surface area contributed by atoms with Crippen LogP contribution in [0.25, 0.3) is 12.2 Å². The second-order valence-corrected chi connectivity index (χ2v) is 5.58. The SMILES string of the molecule is Cc1ccc(C=Cc2ccccc2S(=O)(=O)[O-])cc1. The highest BCUT2D eigenvalue weighted by Crippen LogP contribution is 2.18. The lowest BCUT2D eigenvalue weighted by Gasteiger charge is -2.09. The standard InChI is InChI=1S/C15H14O3S/c1-12-6-8-13(9-7-12)10-11-14-4-2-3-5-15(14)19(16,17)18/h2-11H,1H3,(H,16,17,18)/p-1. The molecule has 0 amide bonds. The minimum atomic E-state index is -4.45. The molecule has 2 rings (SSSR count). The van der Waals surface area contributed by atoms with Crippen LogP contribution in [0.2, 0.25) is 0 Å². The molecular weight excluding hydrogens is 260 g/mol. The third-order valence-electron chi connectivity index (χ3n) is 2.72. The summed E-state index contributed by atoms with van der Waals surface area (Å²) >= 11 is 0. The number of hydrogen-bond acceptors (Lipinski definition) is 3. The molecule has 4 heteroatoms. The molecule has 0 spiro atoms. The van der Waals surface area contributed by atoms with Crippen molar-refractivity contribution in [3.8, 4) is 0 Å². The number of aryl methyl sites for hydroxylation is 1. The van der Waals surface area contributed by atoms with Crippen molar-refractivity contribution < 1.29 is 13.0 Å². The van der Waals surface area contributed by atoms with E-state index in [9.17, 15) is 13.0 Å². The van der Waals surface area contributed by atoms with E-state index in [1.807, 2.05) is 31.2 Å². The molecule has 0 atom stereocenters. The first-order valence-electron chi connectivity index (χ1n) is 5.76. The van der Waals surface area contributed by atoms with E-state index in [0.717, 1.165) is 11.1 Å². The minimum absolute atomic E-state index is 0.196. The maximum Gasteiger partial charge on any atom is 0.125 e. The quantitative estimate of drug-likeness (QED) is 0.638. The lowest BCUT2D eigenvalue weighted by molar-refractivity contribution is 0.463. The van der Waals surface area contributed by atoms with Gasteiger partial charge in [0.25, 0.3) is 0 Å². The summed E-state index contributed by atoms with van der Waals surface area (Å²) in [7, 11) is -4.45. The Morgan fingerprint density at radius 2 is 1.58 bits per heavy atom. The van der Waals surface area contributed by atoms with Crippen LogP contribution in [0.4, 0.5) is 0 Å². The Morgan fingerprint density at radius 1 is 0.947 bits per heavy atom. The monoisotopic (exact) mass is 273 g/mol. The lowest BCUT2D eigenvalue weighted by Crippen LogP contribution is -2.00. The van der Waals surface area contributed by atoms with E-state index in [2.05, 4.69) is 0 Å². The summed E-state index contributed by atoms with van der Waals surface area (Å²) in [6.07, 6.45) is 3.42. The Kier molecular flexibility index (Phi) is 3.83. The number of benzene rings is 2. The van der Waals surface area contributed by atoms with Gasteiger partial charge in [-0.2, -0.15) is 0 Å². The predicted molar refractivity (Wildman–Crippen MR) is 74.5 cm³/mol. The van der Waals surface area contributed by atoms with Gasteiger partial charge in [0.15, 0.2) is 0 Å². The molecule has 2 aromatic rings. The van der Waals surface area contributed by atoms with Gasteiger partial charge in [-0.05, 0) is 24.1 Å². The first-order chi connectivity index (χ1) is 8.97. The van der Waals surface area contributed by atoms with E-state index in [4.69, 9.17) is 0 Å². The van der Waals surface area contributed by atoms with E-state index >= 15 is 0 Å². The summed E-state index contributed by atoms with van der Waals surface area (Å²) < 4.78 is 33.4. The molecule has 0 N–H and O–H groups in total. The van der Waals surface area contributed by atoms with E-state index in [0.29, 0.717) is 5.56 Å². The number of hydrogen-bond donors (Lipinski definition) is 0. The van der Waals surface area contributed by atoms with Crippen molar-refractivity contribution >= 4 is 22.3 Å². The van der Waals surface area contributed by atoms with Gasteiger partial charge in [-0.25, -0.2) is 8.42 Å². The second-order valence-electron chi connectivity index (χ2n) is 4.24. The van der Waals surface area contributed by atoms with Crippen molar-refractivity contribution in [3.05, 3.63) is 65.2 Å². The van der Waals surface area contributed by atoms with Gasteiger partial charge in [0.05, 0.1) is 4.90 Å². The van der Waals surface area contributed by atoms with Crippen molar-refractivity contribution in [2.24, 2.45) is 0 Å². The van der Waals surface area contributed by atoms with Gasteiger partial charge in [-0.15, -0.1) is 0 Å². The van der Waals surface area contributed by atoms with E-state index < -0.39 is 10.1 Å². The fourth-order valence-corrected chi connectivity index (χ4v) is 2.38. The summed E-state index contributed by atoms with van der Waals surface area (Å²) in [6, 6.07) is 14.0. The molecule has 19 heavy (non-hydrogen) atoms. The van der Waals surface area contributed by atoms with Gasteiger partial charge in [0.2, 0.25) is 0 Å². The molecule has 0 radical (unpaired) electrons. The van der Waals surface area contributed by atoms with Crippen LogP contribution in [-0.2, 0) is 10.1 Å². The van der Waals surface area contributed by atoms with Gasteiger partial charge in [-0.3, -0.25) is 0 Å². The first kappa shape index (κ1) is 13.5. The van der Waals surface area contributed by atoms with Crippen LogP contribution in [0.1, 0.15) is 16.7 Å². The molecule has 0 unspecified atom stereocenters. The molecule has 0 heterocycles. The molecule has 0 aliphatic rings. The summed E-state index contributed by atoms with van der Waals surface area (Å²) in [5, 5.41) is 0. The Labute approximate surface area is 113 Å². The van der Waals surface area contributed by atoms with Crippen LogP contribution in [0.3, 0.4) is 0 Å². The maximum atomic E-state index is 11.1. The fraction of sp³-hybridized carbons (Fsp3) is 0.0667. The van der Waals surface area contributed by atoms with Gasteiger partial charge >= 0.3 is 0 Å².